The molecule has 0 amide bonds. The van der Waals surface area contributed by atoms with Crippen LogP contribution in [0.2, 0.25) is 0 Å². The highest BCUT2D eigenvalue weighted by Crippen LogP contribution is 2.23. The number of ether oxygens (including phenoxy) is 1. The number of nitrogens with zero attached hydrogens (tertiary/aromatic N) is 2. The molecule has 22 heavy (non-hydrogen) atoms. The van der Waals surface area contributed by atoms with E-state index in [9.17, 15) is 14.9 Å². The van der Waals surface area contributed by atoms with Crippen LogP contribution < -0.4 is 0 Å². The van der Waals surface area contributed by atoms with Crippen LogP contribution in [-0.4, -0.2) is 16.8 Å². The van der Waals surface area contributed by atoms with Gasteiger partial charge in [0.25, 0.3) is 11.6 Å². The van der Waals surface area contributed by atoms with Gasteiger partial charge in [-0.2, -0.15) is 0 Å². The van der Waals surface area contributed by atoms with Crippen LogP contribution in [0.15, 0.2) is 56.2 Å². The molecule has 8 heteroatoms. The molecule has 3 rings (SSSR count). The molecular formula is C14H7BrN2O5. The summed E-state index contributed by atoms with van der Waals surface area (Å²) in [5.74, 6) is -0.288. The number of halogens is 1. The molecule has 1 aliphatic rings. The van der Waals surface area contributed by atoms with Gasteiger partial charge in [-0.15, -0.1) is 0 Å². The number of non-ortho nitro benzene ring substituents is 1. The molecule has 2 aromatic rings. The topological polar surface area (TPSA) is 94.9 Å². The molecule has 0 spiro atoms. The Labute approximate surface area is 132 Å². The summed E-state index contributed by atoms with van der Waals surface area (Å²) in [7, 11) is 0. The van der Waals surface area contributed by atoms with E-state index in [2.05, 4.69) is 20.9 Å². The SMILES string of the molecule is O=C1OC(c2ccc(Br)o2)=N/C1=C\c1cccc([N+](=O)[O-])c1. The minimum Gasteiger partial charge on any atom is -0.444 e. The molecule has 2 heterocycles. The molecule has 0 aliphatic carbocycles. The number of esters is 1. The van der Waals surface area contributed by atoms with Gasteiger partial charge in [-0.3, -0.25) is 10.1 Å². The average Bonchev–Trinajstić information content (AvgIpc) is 3.06. The first-order valence-corrected chi connectivity index (χ1v) is 6.85. The molecule has 0 fully saturated rings. The predicted molar refractivity (Wildman–Crippen MR) is 80.1 cm³/mol. The molecule has 0 saturated carbocycles. The van der Waals surface area contributed by atoms with E-state index >= 15 is 0 Å². The first-order chi connectivity index (χ1) is 10.5. The maximum atomic E-state index is 11.8. The van der Waals surface area contributed by atoms with Crippen LogP contribution >= 0.6 is 15.9 Å². The quantitative estimate of drug-likeness (QED) is 0.361. The van der Waals surface area contributed by atoms with E-state index < -0.39 is 10.9 Å². The smallest absolute Gasteiger partial charge is 0.363 e. The summed E-state index contributed by atoms with van der Waals surface area (Å²) in [6.45, 7) is 0. The fourth-order valence-corrected chi connectivity index (χ4v) is 2.14. The van der Waals surface area contributed by atoms with Gasteiger partial charge in [-0.1, -0.05) is 12.1 Å². The largest absolute Gasteiger partial charge is 0.444 e. The molecule has 0 N–H and O–H groups in total. The van der Waals surface area contributed by atoms with E-state index in [1.54, 1.807) is 18.2 Å². The van der Waals surface area contributed by atoms with Crippen molar-refractivity contribution in [1.29, 1.82) is 0 Å². The van der Waals surface area contributed by atoms with E-state index in [-0.39, 0.29) is 17.3 Å². The molecule has 110 valence electrons. The number of nitro benzene ring substituents is 1. The van der Waals surface area contributed by atoms with Gasteiger partial charge in [0.1, 0.15) is 0 Å². The monoisotopic (exact) mass is 362 g/mol. The van der Waals surface area contributed by atoms with Gasteiger partial charge in [0.05, 0.1) is 4.92 Å². The average molecular weight is 363 g/mol. The Morgan fingerprint density at radius 3 is 2.77 bits per heavy atom. The zero-order chi connectivity index (χ0) is 15.7. The van der Waals surface area contributed by atoms with Crippen LogP contribution in [0.4, 0.5) is 5.69 Å². The lowest BCUT2D eigenvalue weighted by Crippen LogP contribution is -2.04. The Morgan fingerprint density at radius 1 is 1.27 bits per heavy atom. The van der Waals surface area contributed by atoms with E-state index in [0.29, 0.717) is 16.0 Å². The normalized spacial score (nSPS) is 15.8. The summed E-state index contributed by atoms with van der Waals surface area (Å²) in [4.78, 5) is 26.1. The Bertz CT molecular complexity index is 837. The van der Waals surface area contributed by atoms with Gasteiger partial charge < -0.3 is 9.15 Å². The second kappa shape index (κ2) is 5.57. The highest BCUT2D eigenvalue weighted by molar-refractivity contribution is 9.10. The number of carbonyl (C=O) groups is 1. The molecule has 0 saturated heterocycles. The summed E-state index contributed by atoms with van der Waals surface area (Å²) in [6.07, 6.45) is 1.42. The summed E-state index contributed by atoms with van der Waals surface area (Å²) in [6, 6.07) is 9.12. The lowest BCUT2D eigenvalue weighted by atomic mass is 10.2. The number of hydrogen-bond donors (Lipinski definition) is 0. The van der Waals surface area contributed by atoms with Crippen molar-refractivity contribution in [1.82, 2.24) is 0 Å². The number of aliphatic imine (C=N–C) groups is 1. The number of hydrogen-bond acceptors (Lipinski definition) is 6. The molecule has 0 bridgehead atoms. The predicted octanol–water partition coefficient (Wildman–Crippen LogP) is 3.29. The standard InChI is InChI=1S/C14H7BrN2O5/c15-12-5-4-11(21-12)13-16-10(14(18)22-13)7-8-2-1-3-9(6-8)17(19)20/h1-7H/b10-7-. The van der Waals surface area contributed by atoms with Crippen molar-refractivity contribution in [3.63, 3.8) is 0 Å². The fourth-order valence-electron chi connectivity index (χ4n) is 1.83. The van der Waals surface area contributed by atoms with Gasteiger partial charge in [0.15, 0.2) is 16.1 Å². The molecule has 0 radical (unpaired) electrons. The Kier molecular flexibility index (Phi) is 3.60. The van der Waals surface area contributed by atoms with Crippen LogP contribution in [-0.2, 0) is 9.53 Å². The molecular weight excluding hydrogens is 356 g/mol. The number of furan rings is 1. The number of benzene rings is 1. The van der Waals surface area contributed by atoms with Crippen LogP contribution in [0.5, 0.6) is 0 Å². The van der Waals surface area contributed by atoms with E-state index in [1.807, 2.05) is 0 Å². The second-order valence-electron chi connectivity index (χ2n) is 4.29. The van der Waals surface area contributed by atoms with Crippen molar-refractivity contribution in [2.45, 2.75) is 0 Å². The maximum absolute atomic E-state index is 11.8. The minimum absolute atomic E-state index is 0.0445. The minimum atomic E-state index is -0.644. The van der Waals surface area contributed by atoms with Gasteiger partial charge in [-0.25, -0.2) is 9.79 Å². The van der Waals surface area contributed by atoms with E-state index in [1.165, 1.54) is 24.3 Å². The third-order valence-electron chi connectivity index (χ3n) is 2.79. The maximum Gasteiger partial charge on any atom is 0.363 e. The van der Waals surface area contributed by atoms with Crippen LogP contribution in [0.3, 0.4) is 0 Å². The number of carbonyl (C=O) groups excluding carboxylic acids is 1. The summed E-state index contributed by atoms with van der Waals surface area (Å²) < 4.78 is 10.8. The molecule has 1 aliphatic heterocycles. The third kappa shape index (κ3) is 2.82. The summed E-state index contributed by atoms with van der Waals surface area (Å²) >= 11 is 3.14. The number of rotatable bonds is 3. The first-order valence-electron chi connectivity index (χ1n) is 6.05. The number of nitro groups is 1. The molecule has 7 nitrogen and oxygen atoms in total. The van der Waals surface area contributed by atoms with E-state index in [4.69, 9.17) is 9.15 Å². The highest BCUT2D eigenvalue weighted by Gasteiger charge is 2.26. The summed E-state index contributed by atoms with van der Waals surface area (Å²) in [5.41, 5.74) is 0.453. The second-order valence-corrected chi connectivity index (χ2v) is 5.07. The van der Waals surface area contributed by atoms with Crippen molar-refractivity contribution in [2.24, 2.45) is 4.99 Å². The lowest BCUT2D eigenvalue weighted by molar-refractivity contribution is -0.384. The molecule has 0 atom stereocenters. The van der Waals surface area contributed by atoms with Gasteiger partial charge >= 0.3 is 5.97 Å². The zero-order valence-corrected chi connectivity index (χ0v) is 12.4. The molecule has 1 aromatic heterocycles. The number of cyclic esters (lactones) is 1. The lowest BCUT2D eigenvalue weighted by Gasteiger charge is -1.95. The Hall–Kier alpha value is -2.74. The Balaban J connectivity index is 1.94. The third-order valence-corrected chi connectivity index (χ3v) is 3.22. The van der Waals surface area contributed by atoms with Crippen LogP contribution in [0.1, 0.15) is 11.3 Å². The van der Waals surface area contributed by atoms with Crippen molar-refractivity contribution >= 4 is 39.6 Å². The van der Waals surface area contributed by atoms with Crippen LogP contribution in [0.25, 0.3) is 6.08 Å². The summed E-state index contributed by atoms with van der Waals surface area (Å²) in [5, 5.41) is 10.7. The van der Waals surface area contributed by atoms with Gasteiger partial charge in [0, 0.05) is 12.1 Å². The van der Waals surface area contributed by atoms with Gasteiger partial charge in [-0.05, 0) is 39.7 Å². The van der Waals surface area contributed by atoms with Crippen molar-refractivity contribution in [2.75, 3.05) is 0 Å². The van der Waals surface area contributed by atoms with Crippen molar-refractivity contribution in [3.8, 4) is 0 Å². The zero-order valence-electron chi connectivity index (χ0n) is 10.9. The first kappa shape index (κ1) is 14.2. The van der Waals surface area contributed by atoms with Gasteiger partial charge in [0.2, 0.25) is 0 Å². The van der Waals surface area contributed by atoms with E-state index in [0.717, 1.165) is 0 Å². The Morgan fingerprint density at radius 2 is 2.09 bits per heavy atom. The van der Waals surface area contributed by atoms with Crippen molar-refractivity contribution in [3.05, 3.63) is 68.2 Å². The van der Waals surface area contributed by atoms with Crippen LogP contribution in [0, 0.1) is 10.1 Å². The fraction of sp³-hybridized carbons (Fsp3) is 0. The highest BCUT2D eigenvalue weighted by atomic mass is 79.9. The molecule has 1 aromatic carbocycles. The molecule has 0 unspecified atom stereocenters. The van der Waals surface area contributed by atoms with Crippen molar-refractivity contribution < 1.29 is 18.9 Å².